The molecule has 0 atom stereocenters. The molecule has 22 heavy (non-hydrogen) atoms. The summed E-state index contributed by atoms with van der Waals surface area (Å²) in [5.74, 6) is 0. The SMILES string of the molecule is O=C(OCc1ccccc1)n1ccc2c(B(O)O)cccc21. The quantitative estimate of drug-likeness (QED) is 0.718. The van der Waals surface area contributed by atoms with Gasteiger partial charge in [-0.2, -0.15) is 0 Å². The largest absolute Gasteiger partial charge is 0.489 e. The summed E-state index contributed by atoms with van der Waals surface area (Å²) in [6.45, 7) is 0.182. The van der Waals surface area contributed by atoms with Crippen molar-refractivity contribution in [2.75, 3.05) is 0 Å². The van der Waals surface area contributed by atoms with Gasteiger partial charge in [0.05, 0.1) is 5.52 Å². The van der Waals surface area contributed by atoms with Gasteiger partial charge in [-0.3, -0.25) is 4.57 Å². The molecule has 0 radical (unpaired) electrons. The number of hydrogen-bond donors (Lipinski definition) is 2. The van der Waals surface area contributed by atoms with Gasteiger partial charge in [0, 0.05) is 6.20 Å². The van der Waals surface area contributed by atoms with Gasteiger partial charge in [-0.15, -0.1) is 0 Å². The Labute approximate surface area is 127 Å². The van der Waals surface area contributed by atoms with E-state index >= 15 is 0 Å². The van der Waals surface area contributed by atoms with Crippen molar-refractivity contribution in [3.05, 3.63) is 66.4 Å². The first-order valence-corrected chi connectivity index (χ1v) is 6.84. The fourth-order valence-electron chi connectivity index (χ4n) is 2.36. The summed E-state index contributed by atoms with van der Waals surface area (Å²) in [6, 6.07) is 16.1. The van der Waals surface area contributed by atoms with E-state index in [0.717, 1.165) is 5.56 Å². The van der Waals surface area contributed by atoms with E-state index in [2.05, 4.69) is 0 Å². The van der Waals surface area contributed by atoms with E-state index in [1.165, 1.54) is 4.57 Å². The Bertz CT molecular complexity index is 798. The fraction of sp³-hybridized carbons (Fsp3) is 0.0625. The summed E-state index contributed by atoms with van der Waals surface area (Å²) < 4.78 is 6.63. The predicted octanol–water partition coefficient (Wildman–Crippen LogP) is 1.51. The van der Waals surface area contributed by atoms with Crippen LogP contribution in [0.1, 0.15) is 5.56 Å². The molecule has 6 heteroatoms. The molecule has 0 unspecified atom stereocenters. The van der Waals surface area contributed by atoms with Crippen LogP contribution >= 0.6 is 0 Å². The summed E-state index contributed by atoms with van der Waals surface area (Å²) >= 11 is 0. The molecule has 0 aliphatic carbocycles. The highest BCUT2D eigenvalue weighted by molar-refractivity contribution is 6.61. The second-order valence-electron chi connectivity index (χ2n) is 4.88. The van der Waals surface area contributed by atoms with Crippen LogP contribution in [-0.4, -0.2) is 27.8 Å². The van der Waals surface area contributed by atoms with Gasteiger partial charge in [-0.05, 0) is 28.5 Å². The van der Waals surface area contributed by atoms with E-state index in [0.29, 0.717) is 16.4 Å². The van der Waals surface area contributed by atoms with Gasteiger partial charge >= 0.3 is 13.2 Å². The molecule has 110 valence electrons. The van der Waals surface area contributed by atoms with Crippen LogP contribution in [0.25, 0.3) is 10.9 Å². The van der Waals surface area contributed by atoms with E-state index in [4.69, 9.17) is 4.74 Å². The molecular formula is C16H14BNO4. The molecule has 0 fully saturated rings. The lowest BCUT2D eigenvalue weighted by Gasteiger charge is -2.07. The van der Waals surface area contributed by atoms with E-state index < -0.39 is 13.2 Å². The predicted molar refractivity (Wildman–Crippen MR) is 83.8 cm³/mol. The molecule has 3 rings (SSSR count). The Morgan fingerprint density at radius 1 is 1.05 bits per heavy atom. The van der Waals surface area contributed by atoms with Crippen molar-refractivity contribution in [3.8, 4) is 0 Å². The zero-order valence-electron chi connectivity index (χ0n) is 11.7. The third-order valence-electron chi connectivity index (χ3n) is 3.45. The molecule has 0 spiro atoms. The molecule has 3 aromatic rings. The Hall–Kier alpha value is -2.57. The maximum atomic E-state index is 12.2. The monoisotopic (exact) mass is 295 g/mol. The van der Waals surface area contributed by atoms with Gasteiger partial charge in [-0.1, -0.05) is 42.5 Å². The maximum Gasteiger partial charge on any atom is 0.489 e. The summed E-state index contributed by atoms with van der Waals surface area (Å²) in [6.07, 6.45) is 1.05. The zero-order chi connectivity index (χ0) is 15.5. The van der Waals surface area contributed by atoms with Crippen molar-refractivity contribution in [1.29, 1.82) is 0 Å². The molecule has 1 aromatic heterocycles. The maximum absolute atomic E-state index is 12.2. The molecular weight excluding hydrogens is 281 g/mol. The van der Waals surface area contributed by atoms with Crippen LogP contribution in [0.3, 0.4) is 0 Å². The lowest BCUT2D eigenvalue weighted by Crippen LogP contribution is -2.30. The van der Waals surface area contributed by atoms with Gasteiger partial charge in [0.15, 0.2) is 0 Å². The second kappa shape index (κ2) is 6.05. The molecule has 0 aliphatic heterocycles. The molecule has 2 aromatic carbocycles. The van der Waals surface area contributed by atoms with Crippen LogP contribution in [0.5, 0.6) is 0 Å². The number of carbonyl (C=O) groups is 1. The Kier molecular flexibility index (Phi) is 3.95. The summed E-state index contributed by atoms with van der Waals surface area (Å²) in [5, 5.41) is 19.3. The summed E-state index contributed by atoms with van der Waals surface area (Å²) in [7, 11) is -1.58. The first-order chi connectivity index (χ1) is 10.7. The van der Waals surface area contributed by atoms with Crippen LogP contribution < -0.4 is 5.46 Å². The minimum absolute atomic E-state index is 0.182. The highest BCUT2D eigenvalue weighted by atomic mass is 16.5. The molecule has 0 bridgehead atoms. The molecule has 0 amide bonds. The summed E-state index contributed by atoms with van der Waals surface area (Å²) in [4.78, 5) is 12.2. The molecule has 0 saturated heterocycles. The molecule has 0 aliphatic rings. The van der Waals surface area contributed by atoms with Crippen LogP contribution in [0.15, 0.2) is 60.8 Å². The van der Waals surface area contributed by atoms with E-state index in [1.54, 1.807) is 30.5 Å². The first-order valence-electron chi connectivity index (χ1n) is 6.84. The van der Waals surface area contributed by atoms with E-state index in [-0.39, 0.29) is 6.61 Å². The smallest absolute Gasteiger partial charge is 0.444 e. The van der Waals surface area contributed by atoms with E-state index in [9.17, 15) is 14.8 Å². The Morgan fingerprint density at radius 2 is 1.82 bits per heavy atom. The lowest BCUT2D eigenvalue weighted by atomic mass is 9.78. The molecule has 1 heterocycles. The van der Waals surface area contributed by atoms with Crippen molar-refractivity contribution < 1.29 is 19.6 Å². The van der Waals surface area contributed by atoms with Crippen LogP contribution in [0.4, 0.5) is 4.79 Å². The lowest BCUT2D eigenvalue weighted by molar-refractivity contribution is 0.142. The number of fused-ring (bicyclic) bond motifs is 1. The number of hydrogen-bond acceptors (Lipinski definition) is 4. The molecule has 0 saturated carbocycles. The second-order valence-corrected chi connectivity index (χ2v) is 4.88. The van der Waals surface area contributed by atoms with Crippen molar-refractivity contribution in [2.45, 2.75) is 6.61 Å². The van der Waals surface area contributed by atoms with Crippen LogP contribution in [-0.2, 0) is 11.3 Å². The third kappa shape index (κ3) is 2.74. The fourth-order valence-corrected chi connectivity index (χ4v) is 2.36. The van der Waals surface area contributed by atoms with Crippen molar-refractivity contribution >= 4 is 29.6 Å². The van der Waals surface area contributed by atoms with Gasteiger partial charge in [-0.25, -0.2) is 4.79 Å². The highest BCUT2D eigenvalue weighted by Crippen LogP contribution is 2.15. The number of rotatable bonds is 3. The third-order valence-corrected chi connectivity index (χ3v) is 3.45. The van der Waals surface area contributed by atoms with Crippen LogP contribution in [0.2, 0.25) is 0 Å². The number of nitrogens with zero attached hydrogens (tertiary/aromatic N) is 1. The minimum Gasteiger partial charge on any atom is -0.444 e. The van der Waals surface area contributed by atoms with Crippen molar-refractivity contribution in [1.82, 2.24) is 4.57 Å². The number of ether oxygens (including phenoxy) is 1. The Balaban J connectivity index is 1.84. The molecule has 2 N–H and O–H groups in total. The van der Waals surface area contributed by atoms with Gasteiger partial charge in [0.1, 0.15) is 6.61 Å². The van der Waals surface area contributed by atoms with Gasteiger partial charge in [0.2, 0.25) is 0 Å². The van der Waals surface area contributed by atoms with Crippen molar-refractivity contribution in [2.24, 2.45) is 0 Å². The van der Waals surface area contributed by atoms with Gasteiger partial charge < -0.3 is 14.8 Å². The highest BCUT2D eigenvalue weighted by Gasteiger charge is 2.18. The van der Waals surface area contributed by atoms with Crippen LogP contribution in [0, 0.1) is 0 Å². The number of benzene rings is 2. The summed E-state index contributed by atoms with van der Waals surface area (Å²) in [5.41, 5.74) is 1.83. The topological polar surface area (TPSA) is 71.7 Å². The average Bonchev–Trinajstić information content (AvgIpc) is 2.97. The molecule has 5 nitrogen and oxygen atoms in total. The first kappa shape index (κ1) is 14.4. The van der Waals surface area contributed by atoms with E-state index in [1.807, 2.05) is 30.3 Å². The standard InChI is InChI=1S/C16H14BNO4/c19-16(22-11-12-5-2-1-3-6-12)18-10-9-13-14(17(20)21)7-4-8-15(13)18/h1-10,20-21H,11H2. The normalized spacial score (nSPS) is 10.6. The minimum atomic E-state index is -1.58. The van der Waals surface area contributed by atoms with Gasteiger partial charge in [0.25, 0.3) is 0 Å². The average molecular weight is 295 g/mol. The number of aromatic nitrogens is 1. The van der Waals surface area contributed by atoms with Crippen molar-refractivity contribution in [3.63, 3.8) is 0 Å². The zero-order valence-corrected chi connectivity index (χ0v) is 11.7. The Morgan fingerprint density at radius 3 is 2.55 bits per heavy atom. The number of carbonyl (C=O) groups excluding carboxylic acids is 1.